The minimum absolute atomic E-state index is 0.0355. The third-order valence-electron chi connectivity index (χ3n) is 4.01. The molecular formula is C13H22N2O2. The average Bonchev–Trinajstić information content (AvgIpc) is 2.65. The fraction of sp³-hybridized carbons (Fsp3) is 0.846. The maximum Gasteiger partial charge on any atom is 0.248 e. The van der Waals surface area contributed by atoms with E-state index in [1.807, 2.05) is 18.7 Å². The molecule has 4 nitrogen and oxygen atoms in total. The second kappa shape index (κ2) is 3.72. The summed E-state index contributed by atoms with van der Waals surface area (Å²) in [7, 11) is 0. The Kier molecular flexibility index (Phi) is 2.71. The summed E-state index contributed by atoms with van der Waals surface area (Å²) in [6.45, 7) is 7.55. The first kappa shape index (κ1) is 12.4. The Labute approximate surface area is 103 Å². The molecule has 17 heavy (non-hydrogen) atoms. The zero-order chi connectivity index (χ0) is 12.8. The van der Waals surface area contributed by atoms with E-state index in [0.717, 1.165) is 25.7 Å². The van der Waals surface area contributed by atoms with Crippen LogP contribution < -0.4 is 5.32 Å². The Morgan fingerprint density at radius 1 is 1.18 bits per heavy atom. The van der Waals surface area contributed by atoms with Crippen LogP contribution in [0.2, 0.25) is 0 Å². The summed E-state index contributed by atoms with van der Waals surface area (Å²) in [6, 6.07) is 0.0749. The molecule has 2 amide bonds. The molecule has 0 radical (unpaired) electrons. The van der Waals surface area contributed by atoms with Crippen molar-refractivity contribution in [2.75, 3.05) is 0 Å². The molecule has 0 unspecified atom stereocenters. The summed E-state index contributed by atoms with van der Waals surface area (Å²) in [5.41, 5.74) is -1.34. The first-order chi connectivity index (χ1) is 7.81. The van der Waals surface area contributed by atoms with Crippen LogP contribution in [0.25, 0.3) is 0 Å². The molecular weight excluding hydrogens is 216 g/mol. The van der Waals surface area contributed by atoms with Crippen molar-refractivity contribution in [1.82, 2.24) is 10.2 Å². The van der Waals surface area contributed by atoms with Gasteiger partial charge in [0.25, 0.3) is 0 Å². The Morgan fingerprint density at radius 3 is 2.18 bits per heavy atom. The van der Waals surface area contributed by atoms with Gasteiger partial charge in [-0.1, -0.05) is 12.8 Å². The monoisotopic (exact) mass is 238 g/mol. The molecule has 0 atom stereocenters. The van der Waals surface area contributed by atoms with Gasteiger partial charge < -0.3 is 10.2 Å². The normalized spacial score (nSPS) is 26.8. The summed E-state index contributed by atoms with van der Waals surface area (Å²) < 4.78 is 0. The molecule has 1 spiro atoms. The van der Waals surface area contributed by atoms with Gasteiger partial charge in [-0.2, -0.15) is 0 Å². The van der Waals surface area contributed by atoms with E-state index in [-0.39, 0.29) is 17.9 Å². The molecule has 0 aromatic rings. The van der Waals surface area contributed by atoms with Crippen LogP contribution >= 0.6 is 0 Å². The quantitative estimate of drug-likeness (QED) is 0.751. The molecule has 1 heterocycles. The van der Waals surface area contributed by atoms with Crippen molar-refractivity contribution in [3.63, 3.8) is 0 Å². The van der Waals surface area contributed by atoms with Gasteiger partial charge in [0.05, 0.1) is 0 Å². The number of nitrogens with zero attached hydrogens (tertiary/aromatic N) is 1. The lowest BCUT2D eigenvalue weighted by molar-refractivity contribution is -0.164. The fourth-order valence-electron chi connectivity index (χ4n) is 3.22. The van der Waals surface area contributed by atoms with Gasteiger partial charge in [0.1, 0.15) is 11.1 Å². The Hall–Kier alpha value is -1.06. The number of amides is 2. The molecule has 1 aliphatic heterocycles. The summed E-state index contributed by atoms with van der Waals surface area (Å²) in [5, 5.41) is 2.89. The maximum atomic E-state index is 12.5. The van der Waals surface area contributed by atoms with Crippen LogP contribution in [0.1, 0.15) is 53.4 Å². The third-order valence-corrected chi connectivity index (χ3v) is 4.01. The molecule has 2 aliphatic rings. The minimum Gasteiger partial charge on any atom is -0.340 e. The summed E-state index contributed by atoms with van der Waals surface area (Å²) in [6.07, 6.45) is 3.67. The highest BCUT2D eigenvalue weighted by Gasteiger charge is 2.56. The molecule has 1 saturated heterocycles. The van der Waals surface area contributed by atoms with Crippen LogP contribution in [0.3, 0.4) is 0 Å². The highest BCUT2D eigenvalue weighted by atomic mass is 16.2. The van der Waals surface area contributed by atoms with Crippen molar-refractivity contribution in [2.45, 2.75) is 70.5 Å². The average molecular weight is 238 g/mol. The van der Waals surface area contributed by atoms with E-state index in [4.69, 9.17) is 0 Å². The lowest BCUT2D eigenvalue weighted by Gasteiger charge is -2.51. The van der Waals surface area contributed by atoms with Crippen LogP contribution in [-0.4, -0.2) is 33.8 Å². The predicted molar refractivity (Wildman–Crippen MR) is 65.4 cm³/mol. The molecule has 1 saturated carbocycles. The Balaban J connectivity index is 2.44. The smallest absolute Gasteiger partial charge is 0.248 e. The standard InChI is InChI=1S/C13H22N2O2/c1-9(2)15-11(17)12(3,4)14-10(16)13(15)7-5-6-8-13/h9H,5-8H2,1-4H3,(H,14,16). The zero-order valence-electron chi connectivity index (χ0n) is 11.2. The number of nitrogens with one attached hydrogen (secondary N) is 1. The van der Waals surface area contributed by atoms with Crippen molar-refractivity contribution in [3.8, 4) is 0 Å². The Morgan fingerprint density at radius 2 is 1.71 bits per heavy atom. The topological polar surface area (TPSA) is 49.4 Å². The van der Waals surface area contributed by atoms with Gasteiger partial charge in [-0.15, -0.1) is 0 Å². The zero-order valence-corrected chi connectivity index (χ0v) is 11.2. The second-order valence-electron chi connectivity index (χ2n) is 6.09. The Bertz CT molecular complexity index is 354. The van der Waals surface area contributed by atoms with Gasteiger partial charge in [-0.3, -0.25) is 9.59 Å². The van der Waals surface area contributed by atoms with Gasteiger partial charge in [0.15, 0.2) is 0 Å². The third kappa shape index (κ3) is 1.65. The van der Waals surface area contributed by atoms with E-state index < -0.39 is 11.1 Å². The van der Waals surface area contributed by atoms with Gasteiger partial charge in [-0.25, -0.2) is 0 Å². The molecule has 2 fully saturated rings. The predicted octanol–water partition coefficient (Wildman–Crippen LogP) is 1.44. The molecule has 4 heteroatoms. The number of carbonyl (C=O) groups is 2. The van der Waals surface area contributed by atoms with Crippen LogP contribution in [0.5, 0.6) is 0 Å². The number of carbonyl (C=O) groups excluding carboxylic acids is 2. The van der Waals surface area contributed by atoms with Gasteiger partial charge in [0.2, 0.25) is 11.8 Å². The van der Waals surface area contributed by atoms with E-state index in [1.54, 1.807) is 13.8 Å². The highest BCUT2D eigenvalue weighted by molar-refractivity contribution is 6.02. The van der Waals surface area contributed by atoms with E-state index in [9.17, 15) is 9.59 Å². The number of hydrogen-bond acceptors (Lipinski definition) is 2. The first-order valence-corrected chi connectivity index (χ1v) is 6.48. The molecule has 0 aromatic heterocycles. The van der Waals surface area contributed by atoms with Crippen LogP contribution in [0.4, 0.5) is 0 Å². The van der Waals surface area contributed by atoms with Gasteiger partial charge in [0, 0.05) is 6.04 Å². The molecule has 0 aromatic carbocycles. The van der Waals surface area contributed by atoms with Gasteiger partial charge in [-0.05, 0) is 40.5 Å². The minimum atomic E-state index is -0.769. The van der Waals surface area contributed by atoms with Crippen molar-refractivity contribution in [2.24, 2.45) is 0 Å². The highest BCUT2D eigenvalue weighted by Crippen LogP contribution is 2.40. The number of rotatable bonds is 1. The fourth-order valence-corrected chi connectivity index (χ4v) is 3.22. The molecule has 0 bridgehead atoms. The van der Waals surface area contributed by atoms with E-state index >= 15 is 0 Å². The van der Waals surface area contributed by atoms with Crippen LogP contribution in [0.15, 0.2) is 0 Å². The first-order valence-electron chi connectivity index (χ1n) is 6.48. The van der Waals surface area contributed by atoms with Crippen LogP contribution in [0, 0.1) is 0 Å². The summed E-state index contributed by atoms with van der Waals surface area (Å²) >= 11 is 0. The van der Waals surface area contributed by atoms with Crippen molar-refractivity contribution < 1.29 is 9.59 Å². The second-order valence-corrected chi connectivity index (χ2v) is 6.09. The summed E-state index contributed by atoms with van der Waals surface area (Å²) in [4.78, 5) is 26.7. The molecule has 96 valence electrons. The SMILES string of the molecule is CC(C)N1C(=O)C(C)(C)NC(=O)C12CCCC2. The number of piperazine rings is 1. The van der Waals surface area contributed by atoms with Crippen molar-refractivity contribution >= 4 is 11.8 Å². The molecule has 2 rings (SSSR count). The van der Waals surface area contributed by atoms with E-state index in [1.165, 1.54) is 0 Å². The molecule has 1 N–H and O–H groups in total. The van der Waals surface area contributed by atoms with Crippen molar-refractivity contribution in [1.29, 1.82) is 0 Å². The number of hydrogen-bond donors (Lipinski definition) is 1. The molecule has 1 aliphatic carbocycles. The van der Waals surface area contributed by atoms with Crippen LogP contribution in [-0.2, 0) is 9.59 Å². The largest absolute Gasteiger partial charge is 0.340 e. The van der Waals surface area contributed by atoms with E-state index in [0.29, 0.717) is 0 Å². The lowest BCUT2D eigenvalue weighted by atomic mass is 9.84. The van der Waals surface area contributed by atoms with Crippen molar-refractivity contribution in [3.05, 3.63) is 0 Å². The summed E-state index contributed by atoms with van der Waals surface area (Å²) in [5.74, 6) is 0.0855. The van der Waals surface area contributed by atoms with E-state index in [2.05, 4.69) is 5.32 Å². The van der Waals surface area contributed by atoms with Gasteiger partial charge >= 0.3 is 0 Å². The maximum absolute atomic E-state index is 12.5. The lowest BCUT2D eigenvalue weighted by Crippen LogP contribution is -2.74.